The van der Waals surface area contributed by atoms with Crippen LogP contribution in [0, 0.1) is 13.8 Å². The van der Waals surface area contributed by atoms with E-state index in [0.717, 1.165) is 101 Å². The van der Waals surface area contributed by atoms with Crippen molar-refractivity contribution in [3.63, 3.8) is 0 Å². The number of aromatic nitrogens is 3. The van der Waals surface area contributed by atoms with Gasteiger partial charge in [0.15, 0.2) is 5.82 Å². The third-order valence-electron chi connectivity index (χ3n) is 14.5. The zero-order chi connectivity index (χ0) is 51.7. The van der Waals surface area contributed by atoms with Gasteiger partial charge in [-0.15, -0.1) is 0 Å². The first-order valence-electron chi connectivity index (χ1n) is 26.2. The first-order chi connectivity index (χ1) is 38.0. The Hall–Kier alpha value is -10.1. The maximum Gasteiger partial charge on any atom is 0.160 e. The maximum atomic E-state index is 5.09. The molecule has 366 valence electrons. The summed E-state index contributed by atoms with van der Waals surface area (Å²) in [6.45, 7) is 4.21. The molecule has 2 aromatic heterocycles. The summed E-state index contributed by atoms with van der Waals surface area (Å²) >= 11 is 0. The fraction of sp³-hybridized carbons (Fsp3) is 0.0278. The number of anilines is 6. The van der Waals surface area contributed by atoms with Crippen molar-refractivity contribution in [1.29, 1.82) is 0 Å². The fourth-order valence-corrected chi connectivity index (χ4v) is 10.5. The topological polar surface area (TPSA) is 37.2 Å². The number of aryl methyl sites for hydroxylation is 2. The van der Waals surface area contributed by atoms with Crippen LogP contribution < -0.4 is 9.80 Å². The summed E-state index contributed by atoms with van der Waals surface area (Å²) in [5.41, 5.74) is 21.9. The molecule has 0 aliphatic heterocycles. The van der Waals surface area contributed by atoms with Crippen LogP contribution in [0.5, 0.6) is 0 Å². The van der Waals surface area contributed by atoms with E-state index in [1.807, 2.05) is 0 Å². The molecule has 0 radical (unpaired) electrons. The fourth-order valence-electron chi connectivity index (χ4n) is 10.5. The smallest absolute Gasteiger partial charge is 0.160 e. The highest BCUT2D eigenvalue weighted by Gasteiger charge is 2.21. The molecule has 13 rings (SSSR count). The van der Waals surface area contributed by atoms with E-state index >= 15 is 0 Å². The van der Waals surface area contributed by atoms with E-state index < -0.39 is 0 Å². The second-order valence-electron chi connectivity index (χ2n) is 19.6. The van der Waals surface area contributed by atoms with Crippen molar-refractivity contribution in [3.05, 3.63) is 296 Å². The predicted octanol–water partition coefficient (Wildman–Crippen LogP) is 19.5. The predicted molar refractivity (Wildman–Crippen MR) is 322 cm³/mol. The van der Waals surface area contributed by atoms with Crippen LogP contribution in [0.3, 0.4) is 0 Å². The summed E-state index contributed by atoms with van der Waals surface area (Å²) in [4.78, 5) is 14.8. The molecule has 0 atom stereocenters. The number of fused-ring (bicyclic) bond motifs is 3. The molecule has 0 saturated carbocycles. The van der Waals surface area contributed by atoms with Crippen molar-refractivity contribution >= 4 is 55.9 Å². The Morgan fingerprint density at radius 3 is 0.948 bits per heavy atom. The van der Waals surface area contributed by atoms with Gasteiger partial charge in [0.05, 0.1) is 22.4 Å². The van der Waals surface area contributed by atoms with Gasteiger partial charge in [-0.3, -0.25) is 0 Å². The number of rotatable bonds is 12. The van der Waals surface area contributed by atoms with Gasteiger partial charge in [0.2, 0.25) is 0 Å². The van der Waals surface area contributed by atoms with Gasteiger partial charge in [0, 0.05) is 67.3 Å². The van der Waals surface area contributed by atoms with Crippen LogP contribution >= 0.6 is 0 Å². The highest BCUT2D eigenvalue weighted by Crippen LogP contribution is 2.43. The van der Waals surface area contributed by atoms with E-state index in [2.05, 4.69) is 313 Å². The Bertz CT molecular complexity index is 3870. The molecule has 5 heteroatoms. The number of para-hydroxylation sites is 4. The average molecular weight is 988 g/mol. The van der Waals surface area contributed by atoms with Crippen LogP contribution in [-0.4, -0.2) is 14.5 Å². The molecule has 0 spiro atoms. The van der Waals surface area contributed by atoms with Crippen molar-refractivity contribution in [2.75, 3.05) is 9.80 Å². The van der Waals surface area contributed by atoms with Crippen molar-refractivity contribution in [2.24, 2.45) is 0 Å². The molecule has 0 aliphatic carbocycles. The van der Waals surface area contributed by atoms with Crippen molar-refractivity contribution < 1.29 is 0 Å². The minimum Gasteiger partial charge on any atom is -0.310 e. The number of nitrogens with zero attached hydrogens (tertiary/aromatic N) is 5. The highest BCUT2D eigenvalue weighted by atomic mass is 15.1. The zero-order valence-corrected chi connectivity index (χ0v) is 42.9. The molecular weight excluding hydrogens is 935 g/mol. The lowest BCUT2D eigenvalue weighted by Gasteiger charge is -2.26. The van der Waals surface area contributed by atoms with E-state index in [-0.39, 0.29) is 0 Å². The number of benzene rings is 11. The molecule has 0 aliphatic rings. The Morgan fingerprint density at radius 1 is 0.273 bits per heavy atom. The Labute approximate surface area is 449 Å². The van der Waals surface area contributed by atoms with Crippen molar-refractivity contribution in [3.8, 4) is 61.8 Å². The van der Waals surface area contributed by atoms with Crippen LogP contribution in [0.4, 0.5) is 34.1 Å². The van der Waals surface area contributed by atoms with Gasteiger partial charge in [-0.05, 0) is 139 Å². The first-order valence-corrected chi connectivity index (χ1v) is 26.2. The van der Waals surface area contributed by atoms with Crippen LogP contribution in [-0.2, 0) is 0 Å². The van der Waals surface area contributed by atoms with Crippen LogP contribution in [0.25, 0.3) is 83.6 Å². The average Bonchev–Trinajstić information content (AvgIpc) is 3.84. The molecule has 0 bridgehead atoms. The molecule has 2 heterocycles. The van der Waals surface area contributed by atoms with E-state index in [1.54, 1.807) is 0 Å². The van der Waals surface area contributed by atoms with Gasteiger partial charge in [0.25, 0.3) is 0 Å². The largest absolute Gasteiger partial charge is 0.310 e. The molecule has 11 aromatic carbocycles. The van der Waals surface area contributed by atoms with Gasteiger partial charge in [-0.25, -0.2) is 9.97 Å². The summed E-state index contributed by atoms with van der Waals surface area (Å²) in [5, 5.41) is 2.34. The second-order valence-corrected chi connectivity index (χ2v) is 19.6. The van der Waals surface area contributed by atoms with Gasteiger partial charge in [-0.2, -0.15) is 0 Å². The standard InChI is InChI=1S/C72H53N5/c1-50-23-27-56(28-24-50)68-49-69(74-72(73-68)58-29-25-51(2)26-30-58)57-37-35-54(36-38-57)52-31-33-53(34-32-52)55-39-41-63(42-40-55)77-70-45-43-64(75(59-15-7-3-8-16-59)60-17-9-4-10-18-60)47-66(70)67-48-65(44-46-71(67)77)76(61-19-11-5-12-20-61)62-21-13-6-14-22-62/h3-49H,1-2H3. The van der Waals surface area contributed by atoms with Crippen molar-refractivity contribution in [1.82, 2.24) is 14.5 Å². The van der Waals surface area contributed by atoms with E-state index in [1.165, 1.54) is 21.9 Å². The minimum atomic E-state index is 0.716. The van der Waals surface area contributed by atoms with Crippen LogP contribution in [0.2, 0.25) is 0 Å². The monoisotopic (exact) mass is 987 g/mol. The summed E-state index contributed by atoms with van der Waals surface area (Å²) < 4.78 is 2.41. The SMILES string of the molecule is Cc1ccc(-c2cc(-c3ccc(-c4ccc(-c5ccc(-n6c7ccc(N(c8ccccc8)c8ccccc8)cc7c7cc(N(c8ccccc8)c8ccccc8)ccc76)cc5)cc4)cc3)nc(-c3ccc(C)cc3)n2)cc1. The molecule has 0 fully saturated rings. The normalized spacial score (nSPS) is 11.2. The Kier molecular flexibility index (Phi) is 12.3. The zero-order valence-electron chi connectivity index (χ0n) is 42.9. The lowest BCUT2D eigenvalue weighted by Crippen LogP contribution is -2.09. The molecule has 5 nitrogen and oxygen atoms in total. The molecular formula is C72H53N5. The molecule has 0 saturated heterocycles. The van der Waals surface area contributed by atoms with Crippen LogP contribution in [0.15, 0.2) is 285 Å². The summed E-state index contributed by atoms with van der Waals surface area (Å²) in [5.74, 6) is 0.716. The third-order valence-corrected chi connectivity index (χ3v) is 14.5. The number of hydrogen-bond donors (Lipinski definition) is 0. The van der Waals surface area contributed by atoms with E-state index in [4.69, 9.17) is 9.97 Å². The summed E-state index contributed by atoms with van der Waals surface area (Å²) in [6.07, 6.45) is 0. The molecule has 77 heavy (non-hydrogen) atoms. The Morgan fingerprint density at radius 2 is 0.584 bits per heavy atom. The Balaban J connectivity index is 0.840. The van der Waals surface area contributed by atoms with E-state index in [0.29, 0.717) is 5.82 Å². The third kappa shape index (κ3) is 9.32. The maximum absolute atomic E-state index is 5.09. The van der Waals surface area contributed by atoms with Crippen molar-refractivity contribution in [2.45, 2.75) is 13.8 Å². The van der Waals surface area contributed by atoms with Gasteiger partial charge >= 0.3 is 0 Å². The molecule has 0 unspecified atom stereocenters. The summed E-state index contributed by atoms with van der Waals surface area (Å²) in [7, 11) is 0. The number of hydrogen-bond acceptors (Lipinski definition) is 4. The van der Waals surface area contributed by atoms with Gasteiger partial charge < -0.3 is 14.4 Å². The minimum absolute atomic E-state index is 0.716. The molecule has 0 N–H and O–H groups in total. The lowest BCUT2D eigenvalue weighted by molar-refractivity contribution is 1.18. The van der Waals surface area contributed by atoms with Gasteiger partial charge in [0.1, 0.15) is 0 Å². The lowest BCUT2D eigenvalue weighted by atomic mass is 9.98. The second kappa shape index (κ2) is 20.3. The quantitative estimate of drug-likeness (QED) is 0.122. The first kappa shape index (κ1) is 46.7. The van der Waals surface area contributed by atoms with Gasteiger partial charge in [-0.1, -0.05) is 193 Å². The van der Waals surface area contributed by atoms with E-state index in [9.17, 15) is 0 Å². The molecule has 13 aromatic rings. The molecule has 0 amide bonds. The van der Waals surface area contributed by atoms with Crippen LogP contribution in [0.1, 0.15) is 11.1 Å². The highest BCUT2D eigenvalue weighted by molar-refractivity contribution is 6.12. The summed E-state index contributed by atoms with van der Waals surface area (Å²) in [6, 6.07) is 102.